The minimum absolute atomic E-state index is 0. The Morgan fingerprint density at radius 1 is 0.656 bits per heavy atom. The van der Waals surface area contributed by atoms with Gasteiger partial charge in [0.15, 0.2) is 23.4 Å². The molecule has 0 spiro atoms. The van der Waals surface area contributed by atoms with E-state index in [1.807, 2.05) is 30.3 Å². The molecule has 0 unspecified atom stereocenters. The summed E-state index contributed by atoms with van der Waals surface area (Å²) in [6, 6.07) is 23.1. The van der Waals surface area contributed by atoms with Crippen LogP contribution >= 0.6 is 0 Å². The lowest BCUT2D eigenvalue weighted by Gasteiger charge is -2.12. The van der Waals surface area contributed by atoms with Gasteiger partial charge in [-0.1, -0.05) is 30.3 Å². The maximum atomic E-state index is 5.73. The maximum Gasteiger partial charge on any atom is 0.219 e. The average Bonchev–Trinajstić information content (AvgIpc) is 2.83. The molecule has 0 radical (unpaired) electrons. The van der Waals surface area contributed by atoms with Crippen molar-refractivity contribution < 1.29 is 31.0 Å². The molecule has 3 aromatic carbocycles. The Morgan fingerprint density at radius 3 is 2.00 bits per heavy atom. The minimum atomic E-state index is 0. The molecule has 32 heavy (non-hydrogen) atoms. The molecule has 0 aliphatic carbocycles. The van der Waals surface area contributed by atoms with Crippen molar-refractivity contribution in [2.24, 2.45) is 0 Å². The average molecular weight is 446 g/mol. The molecule has 0 aliphatic rings. The number of aromatic nitrogens is 1. The molecule has 0 fully saturated rings. The SMILES string of the molecule is COc1cc2cc3c4cc(-c5ccccc5)c(OC)cc4cc[n+]3c(C)c2cc1OC.[Cl-]. The first-order valence-electron chi connectivity index (χ1n) is 10.2. The van der Waals surface area contributed by atoms with Crippen molar-refractivity contribution in [2.75, 3.05) is 21.3 Å². The maximum absolute atomic E-state index is 5.73. The standard InChI is InChI=1S/C27H24NO3.ClH/c1-17-21-16-27(31-4)26(30-3)14-20(21)12-24-22-15-23(18-8-6-5-7-9-18)25(29-2)13-19(22)10-11-28(17)24;/h5-16H,1-4H3;1H/q+1;/p-1. The van der Waals surface area contributed by atoms with Gasteiger partial charge in [0.25, 0.3) is 0 Å². The molecule has 0 saturated heterocycles. The quantitative estimate of drug-likeness (QED) is 0.242. The van der Waals surface area contributed by atoms with Crippen LogP contribution in [0.5, 0.6) is 17.2 Å². The smallest absolute Gasteiger partial charge is 0.219 e. The van der Waals surface area contributed by atoms with Crippen molar-refractivity contribution in [1.82, 2.24) is 0 Å². The summed E-state index contributed by atoms with van der Waals surface area (Å²) < 4.78 is 19.0. The molecule has 162 valence electrons. The van der Waals surface area contributed by atoms with Crippen molar-refractivity contribution in [3.8, 4) is 28.4 Å². The fourth-order valence-corrected chi connectivity index (χ4v) is 4.38. The van der Waals surface area contributed by atoms with Crippen LogP contribution in [0.25, 0.3) is 38.2 Å². The van der Waals surface area contributed by atoms with Gasteiger partial charge in [-0.05, 0) is 40.6 Å². The summed E-state index contributed by atoms with van der Waals surface area (Å²) in [6.45, 7) is 2.13. The lowest BCUT2D eigenvalue weighted by atomic mass is 9.98. The summed E-state index contributed by atoms with van der Waals surface area (Å²) >= 11 is 0. The summed E-state index contributed by atoms with van der Waals surface area (Å²) in [4.78, 5) is 0. The van der Waals surface area contributed by atoms with Gasteiger partial charge in [0.1, 0.15) is 5.75 Å². The second-order valence-corrected chi connectivity index (χ2v) is 7.60. The molecule has 4 nitrogen and oxygen atoms in total. The first-order valence-corrected chi connectivity index (χ1v) is 10.2. The molecule has 5 aromatic rings. The Labute approximate surface area is 193 Å². The Balaban J connectivity index is 0.00000245. The number of hydrogen-bond donors (Lipinski definition) is 0. The van der Waals surface area contributed by atoms with Gasteiger partial charge in [-0.2, -0.15) is 4.40 Å². The highest BCUT2D eigenvalue weighted by atomic mass is 35.5. The van der Waals surface area contributed by atoms with E-state index in [4.69, 9.17) is 14.2 Å². The molecule has 0 bridgehead atoms. The number of benzene rings is 3. The Morgan fingerprint density at radius 2 is 1.31 bits per heavy atom. The number of hydrogen-bond acceptors (Lipinski definition) is 3. The van der Waals surface area contributed by atoms with Crippen LogP contribution in [0.1, 0.15) is 5.69 Å². The Kier molecular flexibility index (Phi) is 5.81. The minimum Gasteiger partial charge on any atom is -1.00 e. The number of rotatable bonds is 4. The summed E-state index contributed by atoms with van der Waals surface area (Å²) in [6.07, 6.45) is 2.12. The van der Waals surface area contributed by atoms with E-state index in [2.05, 4.69) is 53.9 Å². The second kappa shape index (κ2) is 8.56. The van der Waals surface area contributed by atoms with Gasteiger partial charge in [0.05, 0.1) is 32.1 Å². The summed E-state index contributed by atoms with van der Waals surface area (Å²) in [5, 5.41) is 4.55. The van der Waals surface area contributed by atoms with Gasteiger partial charge in [0, 0.05) is 24.6 Å². The van der Waals surface area contributed by atoms with E-state index in [-0.39, 0.29) is 12.4 Å². The Bertz CT molecular complexity index is 1450. The van der Waals surface area contributed by atoms with Crippen LogP contribution < -0.4 is 31.0 Å². The van der Waals surface area contributed by atoms with Crippen LogP contribution in [0.3, 0.4) is 0 Å². The first-order chi connectivity index (χ1) is 15.1. The largest absolute Gasteiger partial charge is 1.00 e. The van der Waals surface area contributed by atoms with E-state index in [0.717, 1.165) is 55.7 Å². The van der Waals surface area contributed by atoms with Crippen molar-refractivity contribution in [3.05, 3.63) is 78.6 Å². The fourth-order valence-electron chi connectivity index (χ4n) is 4.38. The first kappa shape index (κ1) is 21.7. The lowest BCUT2D eigenvalue weighted by molar-refractivity contribution is -0.516. The highest BCUT2D eigenvalue weighted by Gasteiger charge is 2.19. The molecular weight excluding hydrogens is 422 g/mol. The number of pyridine rings is 2. The molecule has 0 saturated carbocycles. The zero-order chi connectivity index (χ0) is 21.5. The third-order valence-corrected chi connectivity index (χ3v) is 5.99. The number of methoxy groups -OCH3 is 3. The molecule has 5 heteroatoms. The topological polar surface area (TPSA) is 31.8 Å². The van der Waals surface area contributed by atoms with Crippen LogP contribution in [-0.2, 0) is 0 Å². The third kappa shape index (κ3) is 3.37. The van der Waals surface area contributed by atoms with Crippen LogP contribution in [0, 0.1) is 6.92 Å². The van der Waals surface area contributed by atoms with Gasteiger partial charge in [-0.15, -0.1) is 0 Å². The normalized spacial score (nSPS) is 10.9. The van der Waals surface area contributed by atoms with Crippen molar-refractivity contribution in [1.29, 1.82) is 0 Å². The van der Waals surface area contributed by atoms with Gasteiger partial charge < -0.3 is 26.6 Å². The molecule has 2 aromatic heterocycles. The van der Waals surface area contributed by atoms with Crippen molar-refractivity contribution in [3.63, 3.8) is 0 Å². The predicted molar refractivity (Wildman–Crippen MR) is 124 cm³/mol. The van der Waals surface area contributed by atoms with E-state index in [9.17, 15) is 0 Å². The van der Waals surface area contributed by atoms with Gasteiger partial charge in [-0.25, -0.2) is 0 Å². The van der Waals surface area contributed by atoms with E-state index in [0.29, 0.717) is 0 Å². The van der Waals surface area contributed by atoms with Crippen LogP contribution in [0.15, 0.2) is 72.9 Å². The van der Waals surface area contributed by atoms with E-state index >= 15 is 0 Å². The number of aryl methyl sites for hydroxylation is 1. The number of halogens is 1. The van der Waals surface area contributed by atoms with Gasteiger partial charge >= 0.3 is 0 Å². The van der Waals surface area contributed by atoms with E-state index in [1.165, 1.54) is 5.39 Å². The van der Waals surface area contributed by atoms with Gasteiger partial charge in [-0.3, -0.25) is 0 Å². The molecule has 0 aliphatic heterocycles. The summed E-state index contributed by atoms with van der Waals surface area (Å²) in [7, 11) is 5.06. The van der Waals surface area contributed by atoms with Crippen LogP contribution in [-0.4, -0.2) is 21.3 Å². The molecular formula is C27H24ClNO3. The molecule has 0 amide bonds. The highest BCUT2D eigenvalue weighted by Crippen LogP contribution is 2.37. The van der Waals surface area contributed by atoms with E-state index in [1.54, 1.807) is 21.3 Å². The summed E-state index contributed by atoms with van der Waals surface area (Å²) in [5.74, 6) is 2.33. The molecule has 5 rings (SSSR count). The molecule has 0 N–H and O–H groups in total. The summed E-state index contributed by atoms with van der Waals surface area (Å²) in [5.41, 5.74) is 4.49. The number of fused-ring (bicyclic) bond motifs is 4. The fraction of sp³-hybridized carbons (Fsp3) is 0.148. The van der Waals surface area contributed by atoms with Crippen molar-refractivity contribution in [2.45, 2.75) is 6.92 Å². The van der Waals surface area contributed by atoms with E-state index < -0.39 is 0 Å². The predicted octanol–water partition coefficient (Wildman–Crippen LogP) is 2.74. The monoisotopic (exact) mass is 445 g/mol. The Hall–Kier alpha value is -3.50. The third-order valence-electron chi connectivity index (χ3n) is 5.99. The number of ether oxygens (including phenoxy) is 3. The van der Waals surface area contributed by atoms with Gasteiger partial charge in [0.2, 0.25) is 5.52 Å². The van der Waals surface area contributed by atoms with Crippen LogP contribution in [0.2, 0.25) is 0 Å². The van der Waals surface area contributed by atoms with Crippen molar-refractivity contribution >= 4 is 27.1 Å². The molecule has 0 atom stereocenters. The zero-order valence-electron chi connectivity index (χ0n) is 18.5. The number of nitrogens with zero attached hydrogens (tertiary/aromatic N) is 1. The zero-order valence-corrected chi connectivity index (χ0v) is 19.2. The highest BCUT2D eigenvalue weighted by molar-refractivity contribution is 6.01. The van der Waals surface area contributed by atoms with Crippen LogP contribution in [0.4, 0.5) is 0 Å². The lowest BCUT2D eigenvalue weighted by Crippen LogP contribution is -3.00. The molecule has 2 heterocycles. The second-order valence-electron chi connectivity index (χ2n) is 7.60.